The number of carbonyl (C=O) groups is 2. The summed E-state index contributed by atoms with van der Waals surface area (Å²) in [5.41, 5.74) is -3.88. The minimum absolute atomic E-state index is 0.0336. The van der Waals surface area contributed by atoms with Crippen LogP contribution in [0.4, 0.5) is 18.0 Å². The minimum Gasteiger partial charge on any atom is -0.493 e. The van der Waals surface area contributed by atoms with Gasteiger partial charge in [0.1, 0.15) is 5.92 Å². The molecule has 2 aromatic carbocycles. The zero-order valence-corrected chi connectivity index (χ0v) is 17.3. The van der Waals surface area contributed by atoms with E-state index in [0.717, 1.165) is 0 Å². The minimum atomic E-state index is -5.36. The number of Topliss-reactive ketones (excluding diaryl/α,β-unsaturated/α-hetero) is 1. The highest BCUT2D eigenvalue weighted by Crippen LogP contribution is 2.47. The van der Waals surface area contributed by atoms with Crippen molar-refractivity contribution < 1.29 is 42.1 Å². The van der Waals surface area contributed by atoms with Gasteiger partial charge in [-0.05, 0) is 17.7 Å². The number of amides is 2. The molecule has 1 saturated heterocycles. The van der Waals surface area contributed by atoms with E-state index in [1.165, 1.54) is 63.0 Å². The summed E-state index contributed by atoms with van der Waals surface area (Å²) in [5.74, 6) is -2.86. The van der Waals surface area contributed by atoms with Gasteiger partial charge < -0.3 is 30.0 Å². The predicted molar refractivity (Wildman–Crippen MR) is 106 cm³/mol. The summed E-state index contributed by atoms with van der Waals surface area (Å²) in [6, 6.07) is 6.90. The van der Waals surface area contributed by atoms with Crippen molar-refractivity contribution in [3.05, 3.63) is 53.6 Å². The molecule has 0 aliphatic carbocycles. The average Bonchev–Trinajstić information content (AvgIpc) is 2.76. The van der Waals surface area contributed by atoms with E-state index in [9.17, 15) is 27.9 Å². The first-order valence-electron chi connectivity index (χ1n) is 9.34. The van der Waals surface area contributed by atoms with Crippen LogP contribution in [0.25, 0.3) is 0 Å². The van der Waals surface area contributed by atoms with E-state index in [1.807, 2.05) is 0 Å². The maximum atomic E-state index is 14.0. The third-order valence-electron chi connectivity index (χ3n) is 5.19. The number of hydrogen-bond donors (Lipinski definition) is 3. The van der Waals surface area contributed by atoms with Gasteiger partial charge in [-0.1, -0.05) is 30.3 Å². The largest absolute Gasteiger partial charge is 0.493 e. The van der Waals surface area contributed by atoms with Crippen LogP contribution < -0.4 is 24.8 Å². The number of nitrogens with one attached hydrogen (secondary N) is 2. The second kappa shape index (κ2) is 8.58. The molecule has 11 heteroatoms. The number of ketones is 1. The van der Waals surface area contributed by atoms with Crippen molar-refractivity contribution in [2.24, 2.45) is 5.92 Å². The Balaban J connectivity index is 2.24. The van der Waals surface area contributed by atoms with E-state index in [4.69, 9.17) is 14.2 Å². The van der Waals surface area contributed by atoms with Gasteiger partial charge in [-0.15, -0.1) is 0 Å². The summed E-state index contributed by atoms with van der Waals surface area (Å²) in [6.07, 6.45) is -5.36. The van der Waals surface area contributed by atoms with Crippen LogP contribution in [0.2, 0.25) is 0 Å². The molecule has 0 saturated carbocycles. The Kier molecular flexibility index (Phi) is 6.22. The monoisotopic (exact) mass is 454 g/mol. The van der Waals surface area contributed by atoms with Gasteiger partial charge in [-0.25, -0.2) is 4.79 Å². The number of aliphatic hydroxyl groups is 1. The lowest BCUT2D eigenvalue weighted by atomic mass is 9.77. The fraction of sp³-hybridized carbons (Fsp3) is 0.333. The van der Waals surface area contributed by atoms with Crippen LogP contribution in [0.15, 0.2) is 42.5 Å². The van der Waals surface area contributed by atoms with E-state index in [2.05, 4.69) is 5.32 Å². The highest BCUT2D eigenvalue weighted by molar-refractivity contribution is 6.00. The number of carbonyl (C=O) groups excluding carboxylic acids is 2. The topological polar surface area (TPSA) is 106 Å². The number of methoxy groups -OCH3 is 3. The molecule has 3 rings (SSSR count). The molecule has 0 unspecified atom stereocenters. The summed E-state index contributed by atoms with van der Waals surface area (Å²) in [7, 11) is 3.96. The van der Waals surface area contributed by atoms with Crippen LogP contribution in [-0.4, -0.2) is 50.2 Å². The summed E-state index contributed by atoms with van der Waals surface area (Å²) in [4.78, 5) is 25.4. The molecular formula is C21H21F3N2O6. The van der Waals surface area contributed by atoms with Crippen LogP contribution in [0.3, 0.4) is 0 Å². The Hall–Kier alpha value is -3.47. The van der Waals surface area contributed by atoms with E-state index in [-0.39, 0.29) is 28.4 Å². The number of alkyl halides is 3. The Morgan fingerprint density at radius 3 is 2.06 bits per heavy atom. The van der Waals surface area contributed by atoms with E-state index in [1.54, 1.807) is 6.07 Å². The van der Waals surface area contributed by atoms with Gasteiger partial charge in [0, 0.05) is 5.56 Å². The van der Waals surface area contributed by atoms with E-state index >= 15 is 0 Å². The zero-order valence-electron chi connectivity index (χ0n) is 17.3. The summed E-state index contributed by atoms with van der Waals surface area (Å²) >= 11 is 0. The molecule has 172 valence electrons. The molecule has 1 aliphatic heterocycles. The summed E-state index contributed by atoms with van der Waals surface area (Å²) in [6.45, 7) is 0. The summed E-state index contributed by atoms with van der Waals surface area (Å²) < 4.78 is 57.7. The van der Waals surface area contributed by atoms with Gasteiger partial charge >= 0.3 is 12.2 Å². The van der Waals surface area contributed by atoms with Crippen molar-refractivity contribution in [3.8, 4) is 17.2 Å². The SMILES string of the molecule is COc1cc([C@@H]2NC(=O)N[C@@](O)(C(F)(F)F)[C@H]2C(=O)c2ccccc2)cc(OC)c1OC. The number of rotatable bonds is 6. The molecule has 3 atom stereocenters. The Morgan fingerprint density at radius 2 is 1.59 bits per heavy atom. The first-order chi connectivity index (χ1) is 15.1. The quantitative estimate of drug-likeness (QED) is 0.580. The van der Waals surface area contributed by atoms with Gasteiger partial charge in [0.15, 0.2) is 17.3 Å². The van der Waals surface area contributed by atoms with Crippen LogP contribution >= 0.6 is 0 Å². The smallest absolute Gasteiger partial charge is 0.437 e. The van der Waals surface area contributed by atoms with Gasteiger partial charge in [0.25, 0.3) is 0 Å². The first-order valence-corrected chi connectivity index (χ1v) is 9.34. The lowest BCUT2D eigenvalue weighted by molar-refractivity contribution is -0.287. The van der Waals surface area contributed by atoms with E-state index in [0.29, 0.717) is 0 Å². The van der Waals surface area contributed by atoms with Crippen LogP contribution in [0.5, 0.6) is 17.2 Å². The number of hydrogen-bond acceptors (Lipinski definition) is 6. The van der Waals surface area contributed by atoms with Gasteiger partial charge in [-0.3, -0.25) is 4.79 Å². The standard InChI is InChI=1S/C21H21F3N2O6/c1-30-13-9-12(10-14(31-2)18(13)32-3)16-15(17(27)11-7-5-4-6-8-11)20(29,21(22,23)24)26-19(28)25-16/h4-10,15-16,29H,1-3H3,(H2,25,26,28)/t15-,16+,20+/m1/s1. The third kappa shape index (κ3) is 3.91. The maximum absolute atomic E-state index is 14.0. The van der Waals surface area contributed by atoms with Crippen LogP contribution in [0, 0.1) is 5.92 Å². The maximum Gasteiger partial charge on any atom is 0.437 e. The predicted octanol–water partition coefficient (Wildman–Crippen LogP) is 2.82. The van der Waals surface area contributed by atoms with Gasteiger partial charge in [0.05, 0.1) is 27.4 Å². The van der Waals surface area contributed by atoms with Crippen molar-refractivity contribution >= 4 is 11.8 Å². The fourth-order valence-corrected chi connectivity index (χ4v) is 3.68. The second-order valence-corrected chi connectivity index (χ2v) is 7.01. The van der Waals surface area contributed by atoms with Gasteiger partial charge in [0.2, 0.25) is 11.5 Å². The number of halogens is 3. The van der Waals surface area contributed by atoms with Gasteiger partial charge in [-0.2, -0.15) is 13.2 Å². The molecule has 1 heterocycles. The van der Waals surface area contributed by atoms with Crippen LogP contribution in [0.1, 0.15) is 22.0 Å². The molecule has 2 amide bonds. The Bertz CT molecular complexity index is 989. The number of ether oxygens (including phenoxy) is 3. The average molecular weight is 454 g/mol. The molecule has 0 radical (unpaired) electrons. The van der Waals surface area contributed by atoms with Crippen molar-refractivity contribution in [1.82, 2.24) is 10.6 Å². The molecule has 0 aromatic heterocycles. The fourth-order valence-electron chi connectivity index (χ4n) is 3.68. The third-order valence-corrected chi connectivity index (χ3v) is 5.19. The molecular weight excluding hydrogens is 433 g/mol. The zero-order chi connectivity index (χ0) is 23.7. The van der Waals surface area contributed by atoms with Crippen molar-refractivity contribution in [1.29, 1.82) is 0 Å². The molecule has 1 fully saturated rings. The number of urea groups is 1. The molecule has 8 nitrogen and oxygen atoms in total. The van der Waals surface area contributed by atoms with E-state index < -0.39 is 35.7 Å². The van der Waals surface area contributed by atoms with Crippen molar-refractivity contribution in [2.75, 3.05) is 21.3 Å². The highest BCUT2D eigenvalue weighted by atomic mass is 19.4. The highest BCUT2D eigenvalue weighted by Gasteiger charge is 2.66. The molecule has 1 aliphatic rings. The number of benzene rings is 2. The Morgan fingerprint density at radius 1 is 1.03 bits per heavy atom. The summed E-state index contributed by atoms with van der Waals surface area (Å²) in [5, 5.41) is 14.5. The van der Waals surface area contributed by atoms with Crippen LogP contribution in [-0.2, 0) is 0 Å². The normalized spacial score (nSPS) is 23.0. The molecule has 32 heavy (non-hydrogen) atoms. The lowest BCUT2D eigenvalue weighted by Crippen LogP contribution is -2.72. The van der Waals surface area contributed by atoms with Crippen molar-refractivity contribution in [3.63, 3.8) is 0 Å². The molecule has 3 N–H and O–H groups in total. The van der Waals surface area contributed by atoms with Crippen molar-refractivity contribution in [2.45, 2.75) is 17.9 Å². The molecule has 0 spiro atoms. The second-order valence-electron chi connectivity index (χ2n) is 7.01. The first kappa shape index (κ1) is 23.2. The lowest BCUT2D eigenvalue weighted by Gasteiger charge is -2.45. The Labute approximate surface area is 181 Å². The molecule has 0 bridgehead atoms. The molecule has 2 aromatic rings.